The number of fused-ring (bicyclic) bond motifs is 1. The molecule has 9 nitrogen and oxygen atoms in total. The molecule has 1 amide bonds. The molecule has 1 fully saturated rings. The van der Waals surface area contributed by atoms with Crippen molar-refractivity contribution in [2.24, 2.45) is 0 Å². The predicted octanol–water partition coefficient (Wildman–Crippen LogP) is 2.43. The van der Waals surface area contributed by atoms with Crippen LogP contribution in [0, 0.1) is 0 Å². The molecule has 1 aromatic heterocycles. The summed E-state index contributed by atoms with van der Waals surface area (Å²) in [7, 11) is -3.63. The highest BCUT2D eigenvalue weighted by molar-refractivity contribution is 7.99. The van der Waals surface area contributed by atoms with Crippen LogP contribution in [0.5, 0.6) is 0 Å². The summed E-state index contributed by atoms with van der Waals surface area (Å²) in [5.41, 5.74) is 2.98. The Bertz CT molecular complexity index is 1290. The number of nitrogens with zero attached hydrogens (tertiary/aromatic N) is 4. The number of hydrogen-bond donors (Lipinski definition) is 0. The van der Waals surface area contributed by atoms with Gasteiger partial charge in [-0.05, 0) is 35.7 Å². The second kappa shape index (κ2) is 9.87. The molecule has 3 heterocycles. The van der Waals surface area contributed by atoms with Crippen LogP contribution in [0.3, 0.4) is 0 Å². The van der Waals surface area contributed by atoms with Gasteiger partial charge in [-0.2, -0.15) is 4.31 Å². The highest BCUT2D eigenvalue weighted by Crippen LogP contribution is 2.27. The largest absolute Gasteiger partial charge is 0.411 e. The Kier molecular flexibility index (Phi) is 6.68. The highest BCUT2D eigenvalue weighted by Gasteiger charge is 2.27. The van der Waals surface area contributed by atoms with Crippen LogP contribution in [0.15, 0.2) is 63.1 Å². The third-order valence-corrected chi connectivity index (χ3v) is 8.60. The topological polar surface area (TPSA) is 106 Å². The van der Waals surface area contributed by atoms with E-state index in [-0.39, 0.29) is 27.7 Å². The van der Waals surface area contributed by atoms with E-state index in [1.807, 2.05) is 17.0 Å². The highest BCUT2D eigenvalue weighted by atomic mass is 32.2. The molecule has 0 bridgehead atoms. The average Bonchev–Trinajstić information content (AvgIpc) is 3.37. The fourth-order valence-electron chi connectivity index (χ4n) is 4.03. The van der Waals surface area contributed by atoms with Gasteiger partial charge in [0.25, 0.3) is 5.22 Å². The molecule has 2 aromatic carbocycles. The van der Waals surface area contributed by atoms with Crippen molar-refractivity contribution in [1.82, 2.24) is 19.4 Å². The lowest BCUT2D eigenvalue weighted by Crippen LogP contribution is -2.40. The second-order valence-corrected chi connectivity index (χ2v) is 10.9. The van der Waals surface area contributed by atoms with Gasteiger partial charge in [-0.1, -0.05) is 42.1 Å². The number of ether oxygens (including phenoxy) is 1. The van der Waals surface area contributed by atoms with Gasteiger partial charge in [0.15, 0.2) is 0 Å². The number of benzene rings is 2. The van der Waals surface area contributed by atoms with Crippen LogP contribution in [-0.4, -0.2) is 72.3 Å². The van der Waals surface area contributed by atoms with E-state index < -0.39 is 10.0 Å². The molecular weight excluding hydrogens is 476 g/mol. The van der Waals surface area contributed by atoms with Crippen molar-refractivity contribution in [3.8, 4) is 11.5 Å². The van der Waals surface area contributed by atoms with Gasteiger partial charge >= 0.3 is 0 Å². The van der Waals surface area contributed by atoms with Gasteiger partial charge in [-0.3, -0.25) is 4.79 Å². The van der Waals surface area contributed by atoms with E-state index in [0.29, 0.717) is 45.0 Å². The third-order valence-electron chi connectivity index (χ3n) is 5.90. The van der Waals surface area contributed by atoms with E-state index in [4.69, 9.17) is 9.15 Å². The minimum Gasteiger partial charge on any atom is -0.411 e. The van der Waals surface area contributed by atoms with E-state index >= 15 is 0 Å². The fourth-order valence-corrected chi connectivity index (χ4v) is 6.15. The minimum absolute atomic E-state index is 0.0119. The predicted molar refractivity (Wildman–Crippen MR) is 126 cm³/mol. The van der Waals surface area contributed by atoms with Crippen molar-refractivity contribution in [2.45, 2.75) is 23.1 Å². The Balaban J connectivity index is 1.23. The van der Waals surface area contributed by atoms with Crippen LogP contribution >= 0.6 is 11.8 Å². The molecule has 2 aliphatic rings. The summed E-state index contributed by atoms with van der Waals surface area (Å²) in [4.78, 5) is 14.7. The summed E-state index contributed by atoms with van der Waals surface area (Å²) >= 11 is 1.18. The first-order valence-electron chi connectivity index (χ1n) is 11.0. The summed E-state index contributed by atoms with van der Waals surface area (Å²) in [5, 5.41) is 8.34. The normalized spacial score (nSPS) is 16.9. The average molecular weight is 501 g/mol. The molecule has 1 saturated heterocycles. The smallest absolute Gasteiger partial charge is 0.277 e. The summed E-state index contributed by atoms with van der Waals surface area (Å²) < 4.78 is 38.3. The third kappa shape index (κ3) is 4.88. The molecule has 0 unspecified atom stereocenters. The number of carbonyl (C=O) groups is 1. The van der Waals surface area contributed by atoms with Crippen molar-refractivity contribution in [3.63, 3.8) is 0 Å². The molecule has 5 rings (SSSR count). The Labute approximate surface area is 202 Å². The number of morpholine rings is 1. The number of aromatic nitrogens is 2. The van der Waals surface area contributed by atoms with Gasteiger partial charge in [-0.15, -0.1) is 10.2 Å². The first kappa shape index (κ1) is 23.0. The van der Waals surface area contributed by atoms with E-state index in [1.54, 1.807) is 18.2 Å². The Morgan fingerprint density at radius 1 is 1.00 bits per heavy atom. The maximum absolute atomic E-state index is 12.9. The number of sulfonamides is 1. The number of thioether (sulfide) groups is 1. The lowest BCUT2D eigenvalue weighted by atomic mass is 10.00. The zero-order valence-electron chi connectivity index (χ0n) is 18.4. The second-order valence-electron chi connectivity index (χ2n) is 8.04. The van der Waals surface area contributed by atoms with Crippen molar-refractivity contribution >= 4 is 27.7 Å². The zero-order chi connectivity index (χ0) is 23.5. The summed E-state index contributed by atoms with van der Waals surface area (Å²) in [6, 6.07) is 14.6. The molecule has 11 heteroatoms. The van der Waals surface area contributed by atoms with Crippen molar-refractivity contribution in [1.29, 1.82) is 0 Å². The van der Waals surface area contributed by atoms with E-state index in [9.17, 15) is 13.2 Å². The standard InChI is InChI=1S/C23H24N4O5S2/c28-21(26-9-8-17-4-1-2-5-19(17)15-26)16-33-23-25-24-22(32-23)18-6-3-7-20(14-18)34(29,30)27-10-12-31-13-11-27/h1-7,14H,8-13,15-16H2. The molecule has 0 atom stereocenters. The summed E-state index contributed by atoms with van der Waals surface area (Å²) in [6.45, 7) is 2.71. The fraction of sp³-hybridized carbons (Fsp3) is 0.348. The summed E-state index contributed by atoms with van der Waals surface area (Å²) in [5.74, 6) is 0.411. The van der Waals surface area contributed by atoms with Crippen molar-refractivity contribution < 1.29 is 22.4 Å². The molecule has 178 valence electrons. The number of amides is 1. The first-order valence-corrected chi connectivity index (χ1v) is 13.4. The Morgan fingerprint density at radius 2 is 1.79 bits per heavy atom. The van der Waals surface area contributed by atoms with Crippen LogP contribution < -0.4 is 0 Å². The molecule has 2 aliphatic heterocycles. The summed E-state index contributed by atoms with van der Waals surface area (Å²) in [6.07, 6.45) is 0.848. The van der Waals surface area contributed by atoms with E-state index in [0.717, 1.165) is 6.42 Å². The van der Waals surface area contributed by atoms with Crippen LogP contribution in [-0.2, 0) is 32.5 Å². The maximum atomic E-state index is 12.9. The van der Waals surface area contributed by atoms with E-state index in [1.165, 1.54) is 33.3 Å². The SMILES string of the molecule is O=C(CSc1nnc(-c2cccc(S(=O)(=O)N3CCOCC3)c2)o1)N1CCc2ccccc2C1. The molecule has 3 aromatic rings. The Hall–Kier alpha value is -2.73. The quantitative estimate of drug-likeness (QED) is 0.475. The van der Waals surface area contributed by atoms with Crippen LogP contribution in [0.4, 0.5) is 0 Å². The van der Waals surface area contributed by atoms with Gasteiger partial charge in [0.2, 0.25) is 21.8 Å². The van der Waals surface area contributed by atoms with Gasteiger partial charge in [0, 0.05) is 31.7 Å². The zero-order valence-corrected chi connectivity index (χ0v) is 20.1. The molecular formula is C23H24N4O5S2. The molecule has 34 heavy (non-hydrogen) atoms. The van der Waals surface area contributed by atoms with Crippen LogP contribution in [0.1, 0.15) is 11.1 Å². The van der Waals surface area contributed by atoms with Gasteiger partial charge in [-0.25, -0.2) is 8.42 Å². The molecule has 0 N–H and O–H groups in total. The molecule has 0 radical (unpaired) electrons. The van der Waals surface area contributed by atoms with Gasteiger partial charge < -0.3 is 14.1 Å². The van der Waals surface area contributed by atoms with Crippen molar-refractivity contribution in [3.05, 3.63) is 59.7 Å². The number of carbonyl (C=O) groups excluding carboxylic acids is 1. The lowest BCUT2D eigenvalue weighted by molar-refractivity contribution is -0.129. The van der Waals surface area contributed by atoms with Gasteiger partial charge in [0.1, 0.15) is 0 Å². The maximum Gasteiger partial charge on any atom is 0.277 e. The minimum atomic E-state index is -3.63. The number of rotatable bonds is 6. The van der Waals surface area contributed by atoms with Gasteiger partial charge in [0.05, 0.1) is 23.9 Å². The van der Waals surface area contributed by atoms with Crippen LogP contribution in [0.2, 0.25) is 0 Å². The van der Waals surface area contributed by atoms with E-state index in [2.05, 4.69) is 22.3 Å². The lowest BCUT2D eigenvalue weighted by Gasteiger charge is -2.28. The monoisotopic (exact) mass is 500 g/mol. The van der Waals surface area contributed by atoms with Crippen molar-refractivity contribution in [2.75, 3.05) is 38.6 Å². The number of hydrogen-bond acceptors (Lipinski definition) is 8. The molecule has 0 saturated carbocycles. The van der Waals surface area contributed by atoms with Crippen LogP contribution in [0.25, 0.3) is 11.5 Å². The Morgan fingerprint density at radius 3 is 2.62 bits per heavy atom. The molecule has 0 spiro atoms. The molecule has 0 aliphatic carbocycles. The first-order chi connectivity index (χ1) is 16.5.